The summed E-state index contributed by atoms with van der Waals surface area (Å²) >= 11 is 0. The summed E-state index contributed by atoms with van der Waals surface area (Å²) in [7, 11) is 1.54. The van der Waals surface area contributed by atoms with Crippen molar-refractivity contribution in [1.29, 1.82) is 0 Å². The van der Waals surface area contributed by atoms with E-state index in [0.717, 1.165) is 34.6 Å². The zero-order valence-electron chi connectivity index (χ0n) is 23.6. The molecule has 0 radical (unpaired) electrons. The van der Waals surface area contributed by atoms with Crippen molar-refractivity contribution in [2.75, 3.05) is 11.1 Å². The highest BCUT2D eigenvalue weighted by Crippen LogP contribution is 2.22. The maximum absolute atomic E-state index is 10.7. The minimum Gasteiger partial charge on any atom is -0.368 e. The Morgan fingerprint density at radius 3 is 1.67 bits per heavy atom. The molecule has 0 unspecified atom stereocenters. The molecule has 3 N–H and O–H groups in total. The quantitative estimate of drug-likeness (QED) is 0.180. The third-order valence-corrected chi connectivity index (χ3v) is 7.44. The van der Waals surface area contributed by atoms with Crippen molar-refractivity contribution in [2.24, 2.45) is 0 Å². The lowest BCUT2D eigenvalue weighted by Crippen LogP contribution is -1.97. The van der Waals surface area contributed by atoms with Gasteiger partial charge in [-0.3, -0.25) is 0 Å². The van der Waals surface area contributed by atoms with Gasteiger partial charge in [-0.05, 0) is 31.5 Å². The Balaban J connectivity index is 0.000000158. The second-order valence-electron chi connectivity index (χ2n) is 9.51. The summed E-state index contributed by atoms with van der Waals surface area (Å²) in [6.07, 6.45) is 0. The van der Waals surface area contributed by atoms with E-state index in [1.165, 1.54) is 23.3 Å². The minimum absolute atomic E-state index is 0.143. The van der Waals surface area contributed by atoms with E-state index in [0.29, 0.717) is 11.8 Å². The van der Waals surface area contributed by atoms with E-state index in [9.17, 15) is 8.42 Å². The zero-order valence-corrected chi connectivity index (χ0v) is 25.2. The van der Waals surface area contributed by atoms with Crippen molar-refractivity contribution in [2.45, 2.75) is 25.3 Å². The highest BCUT2D eigenvalue weighted by molar-refractivity contribution is 8.13. The van der Waals surface area contributed by atoms with Crippen LogP contribution in [-0.4, -0.2) is 18.7 Å². The first-order valence-electron chi connectivity index (χ1n) is 13.3. The molecule has 4 aromatic carbocycles. The van der Waals surface area contributed by atoms with E-state index < -0.39 is 9.05 Å². The van der Waals surface area contributed by atoms with Gasteiger partial charge in [-0.2, -0.15) is 0 Å². The van der Waals surface area contributed by atoms with Crippen LogP contribution in [0.1, 0.15) is 16.7 Å². The number of anilines is 2. The first-order valence-corrected chi connectivity index (χ1v) is 15.6. The topological polar surface area (TPSA) is 124 Å². The molecule has 0 saturated carbocycles. The number of nitrogens with two attached hydrogens (primary N) is 1. The maximum atomic E-state index is 10.7. The van der Waals surface area contributed by atoms with Crippen LogP contribution in [0.3, 0.4) is 0 Å². The van der Waals surface area contributed by atoms with Gasteiger partial charge in [0, 0.05) is 40.5 Å². The molecule has 0 bridgehead atoms. The van der Waals surface area contributed by atoms with Gasteiger partial charge in [-0.25, -0.2) is 8.42 Å². The number of nitrogens with one attached hydrogen (secondary N) is 1. The average molecular weight is 615 g/mol. The number of nitrogens with zero attached hydrogens (tertiary/aromatic N) is 2. The predicted molar refractivity (Wildman–Crippen MR) is 171 cm³/mol. The van der Waals surface area contributed by atoms with Crippen LogP contribution >= 0.6 is 10.7 Å². The molecule has 6 aromatic rings. The number of nitrogen functional groups attached to an aromatic ring is 1. The molecular formula is C33H31ClN4O4S. The molecule has 0 aliphatic rings. The van der Waals surface area contributed by atoms with Crippen molar-refractivity contribution < 1.29 is 17.5 Å². The van der Waals surface area contributed by atoms with Gasteiger partial charge < -0.3 is 20.1 Å². The van der Waals surface area contributed by atoms with E-state index in [1.807, 2.05) is 73.7 Å². The Hall–Kier alpha value is -4.86. The van der Waals surface area contributed by atoms with E-state index >= 15 is 0 Å². The number of benzene rings is 4. The van der Waals surface area contributed by atoms with Crippen LogP contribution in [0.25, 0.3) is 22.5 Å². The Morgan fingerprint density at radius 1 is 0.698 bits per heavy atom. The number of hydrogen-bond acceptors (Lipinski definition) is 8. The molecule has 6 rings (SSSR count). The Labute approximate surface area is 255 Å². The van der Waals surface area contributed by atoms with Gasteiger partial charge in [0.25, 0.3) is 9.05 Å². The summed E-state index contributed by atoms with van der Waals surface area (Å²) in [5.41, 5.74) is 12.6. The van der Waals surface area contributed by atoms with E-state index in [1.54, 1.807) is 18.2 Å². The molecule has 0 aliphatic heterocycles. The fraction of sp³-hybridized carbons (Fsp3) is 0.0909. The zero-order chi connectivity index (χ0) is 30.7. The van der Waals surface area contributed by atoms with Crippen LogP contribution in [0.15, 0.2) is 135 Å². The van der Waals surface area contributed by atoms with Crippen molar-refractivity contribution in [3.8, 4) is 22.5 Å². The number of rotatable bonds is 6. The van der Waals surface area contributed by atoms with Crippen LogP contribution in [-0.2, 0) is 15.6 Å². The molecule has 0 spiro atoms. The lowest BCUT2D eigenvalue weighted by atomic mass is 10.1. The molecular weight excluding hydrogens is 584 g/mol. The van der Waals surface area contributed by atoms with E-state index in [4.69, 9.17) is 25.5 Å². The largest absolute Gasteiger partial charge is 0.368 e. The Kier molecular flexibility index (Phi) is 10.7. The normalized spacial score (nSPS) is 10.6. The molecule has 8 nitrogen and oxygen atoms in total. The van der Waals surface area contributed by atoms with Gasteiger partial charge in [-0.15, -0.1) is 0 Å². The molecule has 0 fully saturated rings. The average Bonchev–Trinajstić information content (AvgIpc) is 3.68. The van der Waals surface area contributed by atoms with Crippen molar-refractivity contribution >= 4 is 31.5 Å². The van der Waals surface area contributed by atoms with Crippen LogP contribution in [0.5, 0.6) is 0 Å². The molecule has 0 saturated heterocycles. The van der Waals surface area contributed by atoms with Crippen LogP contribution in [0, 0.1) is 13.8 Å². The molecule has 0 amide bonds. The Morgan fingerprint density at radius 2 is 1.19 bits per heavy atom. The Bertz CT molecular complexity index is 1800. The van der Waals surface area contributed by atoms with Crippen LogP contribution < -0.4 is 11.1 Å². The molecule has 0 aliphatic carbocycles. The smallest absolute Gasteiger partial charge is 0.261 e. The molecule has 2 heterocycles. The second kappa shape index (κ2) is 14.9. The van der Waals surface area contributed by atoms with Gasteiger partial charge in [0.1, 0.15) is 11.4 Å². The lowest BCUT2D eigenvalue weighted by Gasteiger charge is -2.02. The third-order valence-electron chi connectivity index (χ3n) is 6.07. The summed E-state index contributed by atoms with van der Waals surface area (Å²) < 4.78 is 31.5. The molecule has 2 aromatic heterocycles. The van der Waals surface area contributed by atoms with Crippen molar-refractivity contribution in [3.63, 3.8) is 0 Å². The highest BCUT2D eigenvalue weighted by Gasteiger charge is 2.08. The van der Waals surface area contributed by atoms with Crippen LogP contribution in [0.2, 0.25) is 0 Å². The molecule has 10 heteroatoms. The van der Waals surface area contributed by atoms with Gasteiger partial charge in [-0.1, -0.05) is 119 Å². The summed E-state index contributed by atoms with van der Waals surface area (Å²) in [5, 5.41) is 11.1. The fourth-order valence-electron chi connectivity index (χ4n) is 3.73. The summed E-state index contributed by atoms with van der Waals surface area (Å²) in [6.45, 7) is 4.69. The molecule has 0 atom stereocenters. The number of hydrogen-bond donors (Lipinski definition) is 2. The third kappa shape index (κ3) is 9.88. The molecule has 220 valence electrons. The van der Waals surface area contributed by atoms with Crippen LogP contribution in [0.4, 0.5) is 11.8 Å². The number of aryl methyl sites for hydroxylation is 2. The summed E-state index contributed by atoms with van der Waals surface area (Å²) in [5.74, 6) is 1.03. The van der Waals surface area contributed by atoms with Crippen molar-refractivity contribution in [3.05, 3.63) is 138 Å². The fourth-order valence-corrected chi connectivity index (χ4v) is 4.50. The summed E-state index contributed by atoms with van der Waals surface area (Å²) in [4.78, 5) is 0.143. The first-order chi connectivity index (χ1) is 20.7. The predicted octanol–water partition coefficient (Wildman–Crippen LogP) is 8.11. The lowest BCUT2D eigenvalue weighted by molar-refractivity contribution is 0.434. The van der Waals surface area contributed by atoms with E-state index in [-0.39, 0.29) is 4.90 Å². The maximum Gasteiger partial charge on any atom is 0.261 e. The number of aromatic nitrogens is 2. The SMILES string of the molecule is Cc1ccc(CNc2cc(-c3ccccc3)no2)cc1.Cc1ccc(S(=O)(=O)Cl)cc1.Nc1cc(-c2ccccc2)no1. The van der Waals surface area contributed by atoms with Gasteiger partial charge in [0.2, 0.25) is 11.8 Å². The number of halogens is 1. The van der Waals surface area contributed by atoms with Gasteiger partial charge in [0.15, 0.2) is 0 Å². The molecule has 43 heavy (non-hydrogen) atoms. The monoisotopic (exact) mass is 614 g/mol. The van der Waals surface area contributed by atoms with Crippen molar-refractivity contribution in [1.82, 2.24) is 10.3 Å². The highest BCUT2D eigenvalue weighted by atomic mass is 35.7. The minimum atomic E-state index is -3.55. The van der Waals surface area contributed by atoms with Gasteiger partial charge >= 0.3 is 0 Å². The first kappa shape index (κ1) is 31.1. The second-order valence-corrected chi connectivity index (χ2v) is 12.1. The van der Waals surface area contributed by atoms with Gasteiger partial charge in [0.05, 0.1) is 4.90 Å². The summed E-state index contributed by atoms with van der Waals surface area (Å²) in [6, 6.07) is 38.2. The standard InChI is InChI=1S/C17H16N2O.C9H8N2O.C7H7ClO2S/c1-13-7-9-14(10-8-13)12-18-17-11-16(19-20-17)15-5-3-2-4-6-15;10-9-6-8(11-12-9)7-4-2-1-3-5-7;1-6-2-4-7(5-3-6)11(8,9)10/h2-11,18H,12H2,1H3;1-6H,10H2;2-5H,1H3. The van der Waals surface area contributed by atoms with E-state index in [2.05, 4.69) is 46.8 Å².